The highest BCUT2D eigenvalue weighted by Crippen LogP contribution is 2.23. The van der Waals surface area contributed by atoms with Gasteiger partial charge in [-0.05, 0) is 58.0 Å². The lowest BCUT2D eigenvalue weighted by Gasteiger charge is -2.35. The molecule has 3 heterocycles. The topological polar surface area (TPSA) is 119 Å². The number of hydrogen-bond donors (Lipinski definition) is 3. The number of piperidine rings is 1. The second-order valence-corrected chi connectivity index (χ2v) is 9.80. The van der Waals surface area contributed by atoms with E-state index in [2.05, 4.69) is 42.4 Å². The van der Waals surface area contributed by atoms with E-state index in [4.69, 9.17) is 4.98 Å². The molecule has 1 unspecified atom stereocenters. The number of fused-ring (bicyclic) bond motifs is 2. The fraction of sp³-hybridized carbons (Fsp3) is 0.560. The largest absolute Gasteiger partial charge is 0.361 e. The summed E-state index contributed by atoms with van der Waals surface area (Å²) in [5.41, 5.74) is 1.38. The van der Waals surface area contributed by atoms with Crippen LogP contribution in [0.1, 0.15) is 44.9 Å². The van der Waals surface area contributed by atoms with Crippen molar-refractivity contribution in [2.24, 2.45) is 0 Å². The van der Waals surface area contributed by atoms with Gasteiger partial charge in [0.25, 0.3) is 5.56 Å². The predicted octanol–water partition coefficient (Wildman–Crippen LogP) is 2.07. The van der Waals surface area contributed by atoms with E-state index in [1.807, 2.05) is 13.1 Å². The number of rotatable bonds is 6. The van der Waals surface area contributed by atoms with Gasteiger partial charge >= 0.3 is 0 Å². The highest BCUT2D eigenvalue weighted by Gasteiger charge is 2.23. The molecule has 35 heavy (non-hydrogen) atoms. The number of anilines is 2. The van der Waals surface area contributed by atoms with Crippen molar-refractivity contribution >= 4 is 33.7 Å². The first kappa shape index (κ1) is 23.8. The third-order valence-electron chi connectivity index (χ3n) is 7.28. The van der Waals surface area contributed by atoms with Crippen LogP contribution < -0.4 is 21.1 Å². The molecule has 1 atom stereocenters. The molecular weight excluding hydrogens is 444 g/mol. The standard InChI is InChI=1S/C25H34N8O2/c1-32-13-11-17(12-14-32)33(2)24-26-15-18-22(31-24)30-21-19(28-23(18)34)9-6-10-20(21)29-25(35)27-16-7-4-3-5-8-16/h6,9-10,15-17,25,27,29,35H,3-5,7-8,11-14H2,1-2H3. The maximum absolute atomic E-state index is 12.9. The van der Waals surface area contributed by atoms with Crippen molar-refractivity contribution in [3.63, 3.8) is 0 Å². The van der Waals surface area contributed by atoms with Gasteiger partial charge in [0.05, 0.1) is 11.2 Å². The quantitative estimate of drug-likeness (QED) is 0.454. The van der Waals surface area contributed by atoms with Crippen LogP contribution in [0.5, 0.6) is 0 Å². The average molecular weight is 479 g/mol. The zero-order valence-electron chi connectivity index (χ0n) is 20.4. The van der Waals surface area contributed by atoms with Gasteiger partial charge in [0.2, 0.25) is 5.95 Å². The Kier molecular flexibility index (Phi) is 7.03. The van der Waals surface area contributed by atoms with Crippen LogP contribution in [0, 0.1) is 0 Å². The molecule has 2 aromatic heterocycles. The molecule has 3 N–H and O–H groups in total. The molecule has 0 radical (unpaired) electrons. The minimum Gasteiger partial charge on any atom is -0.361 e. The van der Waals surface area contributed by atoms with Gasteiger partial charge in [0.1, 0.15) is 10.9 Å². The van der Waals surface area contributed by atoms with E-state index in [0.29, 0.717) is 34.4 Å². The fourth-order valence-electron chi connectivity index (χ4n) is 5.13. The predicted molar refractivity (Wildman–Crippen MR) is 137 cm³/mol. The van der Waals surface area contributed by atoms with Gasteiger partial charge in [-0.1, -0.05) is 25.3 Å². The van der Waals surface area contributed by atoms with Gasteiger partial charge in [-0.15, -0.1) is 0 Å². The number of aromatic nitrogens is 4. The smallest absolute Gasteiger partial charge is 0.283 e. The van der Waals surface area contributed by atoms with E-state index in [-0.39, 0.29) is 11.4 Å². The van der Waals surface area contributed by atoms with Crippen molar-refractivity contribution in [3.05, 3.63) is 34.7 Å². The first-order valence-electron chi connectivity index (χ1n) is 12.6. The zero-order valence-corrected chi connectivity index (χ0v) is 20.4. The third-order valence-corrected chi connectivity index (χ3v) is 7.28. The van der Waals surface area contributed by atoms with Crippen molar-refractivity contribution in [1.82, 2.24) is 30.2 Å². The number of aliphatic hydroxyl groups excluding tert-OH is 1. The van der Waals surface area contributed by atoms with E-state index in [0.717, 1.165) is 38.8 Å². The first-order valence-corrected chi connectivity index (χ1v) is 12.6. The summed E-state index contributed by atoms with van der Waals surface area (Å²) in [6, 6.07) is 5.98. The SMILES string of the molecule is CN1CCC(N(C)c2ncc3c(=O)nc4cccc(NC(O)NC5CCCCC5)c4nc3n2)CC1. The Hall–Kier alpha value is -2.95. The highest BCUT2D eigenvalue weighted by molar-refractivity contribution is 5.90. The van der Waals surface area contributed by atoms with Crippen LogP contribution in [-0.4, -0.2) is 75.6 Å². The van der Waals surface area contributed by atoms with Gasteiger partial charge in [0, 0.05) is 25.3 Å². The Balaban J connectivity index is 1.47. The van der Waals surface area contributed by atoms with Crippen molar-refractivity contribution in [1.29, 1.82) is 0 Å². The first-order chi connectivity index (χ1) is 17.0. The molecule has 0 spiro atoms. The second-order valence-electron chi connectivity index (χ2n) is 9.80. The van der Waals surface area contributed by atoms with E-state index in [1.165, 1.54) is 25.5 Å². The minimum atomic E-state index is -0.935. The Bertz CT molecular complexity index is 1240. The van der Waals surface area contributed by atoms with Crippen LogP contribution in [0.3, 0.4) is 0 Å². The summed E-state index contributed by atoms with van der Waals surface area (Å²) >= 11 is 0. The van der Waals surface area contributed by atoms with Gasteiger partial charge in [-0.2, -0.15) is 4.98 Å². The summed E-state index contributed by atoms with van der Waals surface area (Å²) in [6.07, 6.45) is 8.35. The van der Waals surface area contributed by atoms with Gasteiger partial charge in [0.15, 0.2) is 12.0 Å². The molecule has 0 amide bonds. The summed E-state index contributed by atoms with van der Waals surface area (Å²) in [7, 11) is 4.13. The summed E-state index contributed by atoms with van der Waals surface area (Å²) in [4.78, 5) is 35.4. The van der Waals surface area contributed by atoms with Crippen LogP contribution in [0.15, 0.2) is 29.2 Å². The number of likely N-dealkylation sites (tertiary alicyclic amines) is 1. The Morgan fingerprint density at radius 1 is 1.09 bits per heavy atom. The molecular formula is C25H34N8O2. The van der Waals surface area contributed by atoms with Gasteiger partial charge in [-0.25, -0.2) is 15.0 Å². The highest BCUT2D eigenvalue weighted by atomic mass is 16.3. The lowest BCUT2D eigenvalue weighted by molar-refractivity contribution is 0.138. The number of aliphatic hydroxyl groups is 1. The summed E-state index contributed by atoms with van der Waals surface area (Å²) in [5.74, 6) is 0.544. The second kappa shape index (κ2) is 10.3. The van der Waals surface area contributed by atoms with Crippen LogP contribution in [-0.2, 0) is 0 Å². The maximum Gasteiger partial charge on any atom is 0.283 e. The van der Waals surface area contributed by atoms with Crippen LogP contribution in [0.25, 0.3) is 22.1 Å². The number of nitrogens with one attached hydrogen (secondary N) is 2. The van der Waals surface area contributed by atoms with Crippen LogP contribution in [0.2, 0.25) is 0 Å². The zero-order chi connectivity index (χ0) is 24.4. The van der Waals surface area contributed by atoms with E-state index in [1.54, 1.807) is 12.1 Å². The van der Waals surface area contributed by atoms with Crippen molar-refractivity contribution in [3.8, 4) is 0 Å². The monoisotopic (exact) mass is 478 g/mol. The van der Waals surface area contributed by atoms with Crippen molar-refractivity contribution in [2.75, 3.05) is 37.4 Å². The molecule has 1 aliphatic carbocycles. The maximum atomic E-state index is 12.9. The van der Waals surface area contributed by atoms with Gasteiger partial charge < -0.3 is 20.2 Å². The molecule has 1 aliphatic heterocycles. The molecule has 2 fully saturated rings. The van der Waals surface area contributed by atoms with Gasteiger partial charge in [-0.3, -0.25) is 10.1 Å². The van der Waals surface area contributed by atoms with E-state index < -0.39 is 11.9 Å². The summed E-state index contributed by atoms with van der Waals surface area (Å²) < 4.78 is 0. The van der Waals surface area contributed by atoms with E-state index in [9.17, 15) is 9.90 Å². The molecule has 3 aromatic rings. The van der Waals surface area contributed by atoms with E-state index >= 15 is 0 Å². The number of benzene rings is 1. The molecule has 10 nitrogen and oxygen atoms in total. The normalized spacial score (nSPS) is 19.2. The molecule has 2 aliphatic rings. The molecule has 5 rings (SSSR count). The molecule has 1 aromatic carbocycles. The molecule has 10 heteroatoms. The molecule has 1 saturated carbocycles. The summed E-state index contributed by atoms with van der Waals surface area (Å²) in [6.45, 7) is 2.06. The molecule has 1 saturated heterocycles. The number of nitrogens with zero attached hydrogens (tertiary/aromatic N) is 6. The minimum absolute atomic E-state index is 0.272. The van der Waals surface area contributed by atoms with Crippen molar-refractivity contribution < 1.29 is 5.11 Å². The summed E-state index contributed by atoms with van der Waals surface area (Å²) in [5, 5.41) is 17.3. The lowest BCUT2D eigenvalue weighted by atomic mass is 9.96. The Morgan fingerprint density at radius 2 is 1.86 bits per heavy atom. The van der Waals surface area contributed by atoms with Crippen molar-refractivity contribution in [2.45, 2.75) is 63.4 Å². The lowest BCUT2D eigenvalue weighted by Crippen LogP contribution is -2.43. The Labute approximate surface area is 204 Å². The fourth-order valence-corrected chi connectivity index (χ4v) is 5.13. The number of hydrogen-bond acceptors (Lipinski definition) is 10. The van der Waals surface area contributed by atoms with Crippen LogP contribution in [0.4, 0.5) is 11.6 Å². The van der Waals surface area contributed by atoms with Crippen LogP contribution >= 0.6 is 0 Å². The Morgan fingerprint density at radius 3 is 2.63 bits per heavy atom. The molecule has 0 bridgehead atoms. The third kappa shape index (κ3) is 5.34. The molecule has 186 valence electrons. The average Bonchev–Trinajstić information content (AvgIpc) is 3.00. The number of para-hydroxylation sites is 1.